The Morgan fingerprint density at radius 1 is 1.35 bits per heavy atom. The molecule has 1 aliphatic rings. The molecule has 0 aliphatic carbocycles. The second-order valence-electron chi connectivity index (χ2n) is 4.97. The van der Waals surface area contributed by atoms with Gasteiger partial charge in [-0.05, 0) is 30.5 Å². The molecule has 0 unspecified atom stereocenters. The second-order valence-corrected chi connectivity index (χ2v) is 4.97. The van der Waals surface area contributed by atoms with Gasteiger partial charge in [-0.2, -0.15) is 0 Å². The number of hydrogen-bond acceptors (Lipinski definition) is 6. The molecular weight excluding hydrogens is 302 g/mol. The highest BCUT2D eigenvalue weighted by molar-refractivity contribution is 5.79. The molecule has 1 fully saturated rings. The number of rotatable bonds is 10. The van der Waals surface area contributed by atoms with Crippen LogP contribution in [0.25, 0.3) is 0 Å². The number of aliphatic carboxylic acids is 1. The summed E-state index contributed by atoms with van der Waals surface area (Å²) in [5.74, 6) is -0.0896. The standard InChI is InChI=1S/C16H21NO6/c18-15(19)6-1-2-7-23-17-11-13-4-3-5-14(10-13)22-12-16-20-8-9-21-16/h3-5,10-11,16H,1-2,6-9,12H2,(H,18,19)/b17-11+. The highest BCUT2D eigenvalue weighted by atomic mass is 16.7. The zero-order chi connectivity index (χ0) is 16.3. The zero-order valence-corrected chi connectivity index (χ0v) is 12.8. The molecule has 1 aromatic rings. The number of carbonyl (C=O) groups is 1. The number of oxime groups is 1. The van der Waals surface area contributed by atoms with Crippen molar-refractivity contribution in [2.24, 2.45) is 5.16 Å². The van der Waals surface area contributed by atoms with Crippen molar-refractivity contribution in [3.05, 3.63) is 29.8 Å². The van der Waals surface area contributed by atoms with Crippen molar-refractivity contribution < 1.29 is 28.9 Å². The molecule has 1 heterocycles. The molecule has 1 saturated heterocycles. The van der Waals surface area contributed by atoms with Crippen molar-refractivity contribution in [2.45, 2.75) is 25.6 Å². The van der Waals surface area contributed by atoms with Crippen molar-refractivity contribution in [3.8, 4) is 5.75 Å². The van der Waals surface area contributed by atoms with E-state index in [9.17, 15) is 4.79 Å². The minimum Gasteiger partial charge on any atom is -0.488 e. The first-order valence-corrected chi connectivity index (χ1v) is 7.57. The predicted molar refractivity (Wildman–Crippen MR) is 82.7 cm³/mol. The van der Waals surface area contributed by atoms with Gasteiger partial charge in [-0.3, -0.25) is 4.79 Å². The van der Waals surface area contributed by atoms with Crippen molar-refractivity contribution >= 4 is 12.2 Å². The topological polar surface area (TPSA) is 86.6 Å². The normalized spacial score (nSPS) is 15.1. The van der Waals surface area contributed by atoms with E-state index in [-0.39, 0.29) is 12.7 Å². The van der Waals surface area contributed by atoms with Crippen molar-refractivity contribution in [1.29, 1.82) is 0 Å². The van der Waals surface area contributed by atoms with E-state index in [4.69, 9.17) is 24.2 Å². The summed E-state index contributed by atoms with van der Waals surface area (Å²) in [5.41, 5.74) is 0.848. The van der Waals surface area contributed by atoms with Crippen LogP contribution >= 0.6 is 0 Å². The molecule has 0 radical (unpaired) electrons. The van der Waals surface area contributed by atoms with Crippen LogP contribution < -0.4 is 4.74 Å². The maximum absolute atomic E-state index is 10.3. The lowest BCUT2D eigenvalue weighted by Gasteiger charge is -2.11. The van der Waals surface area contributed by atoms with Gasteiger partial charge in [0.15, 0.2) is 6.29 Å². The summed E-state index contributed by atoms with van der Waals surface area (Å²) in [5, 5.41) is 12.4. The lowest BCUT2D eigenvalue weighted by molar-refractivity contribution is -0.137. The number of hydrogen-bond donors (Lipinski definition) is 1. The van der Waals surface area contributed by atoms with E-state index < -0.39 is 5.97 Å². The molecule has 1 aromatic carbocycles. The van der Waals surface area contributed by atoms with Gasteiger partial charge in [0, 0.05) is 6.42 Å². The summed E-state index contributed by atoms with van der Waals surface area (Å²) in [4.78, 5) is 15.4. The summed E-state index contributed by atoms with van der Waals surface area (Å²) in [6.45, 7) is 1.95. The molecule has 7 heteroatoms. The molecule has 1 N–H and O–H groups in total. The van der Waals surface area contributed by atoms with Gasteiger partial charge >= 0.3 is 5.97 Å². The van der Waals surface area contributed by atoms with Crippen LogP contribution in [0.15, 0.2) is 29.4 Å². The Bertz CT molecular complexity index is 513. The minimum absolute atomic E-state index is 0.154. The van der Waals surface area contributed by atoms with Crippen molar-refractivity contribution in [3.63, 3.8) is 0 Å². The summed E-state index contributed by atoms with van der Waals surface area (Å²) in [7, 11) is 0. The van der Waals surface area contributed by atoms with Crippen LogP contribution in [0.3, 0.4) is 0 Å². The Balaban J connectivity index is 1.67. The smallest absolute Gasteiger partial charge is 0.303 e. The quantitative estimate of drug-likeness (QED) is 0.403. The Hall–Kier alpha value is -2.12. The van der Waals surface area contributed by atoms with Gasteiger partial charge in [0.25, 0.3) is 0 Å². The van der Waals surface area contributed by atoms with Gasteiger partial charge in [-0.1, -0.05) is 17.3 Å². The van der Waals surface area contributed by atoms with Gasteiger partial charge in [-0.25, -0.2) is 0 Å². The average molecular weight is 323 g/mol. The fourth-order valence-electron chi connectivity index (χ4n) is 1.95. The Labute approximate surface area is 134 Å². The molecule has 0 atom stereocenters. The van der Waals surface area contributed by atoms with Crippen molar-refractivity contribution in [2.75, 3.05) is 26.4 Å². The van der Waals surface area contributed by atoms with E-state index in [1.165, 1.54) is 0 Å². The first-order chi connectivity index (χ1) is 11.2. The maximum atomic E-state index is 10.3. The molecule has 23 heavy (non-hydrogen) atoms. The molecule has 7 nitrogen and oxygen atoms in total. The fraction of sp³-hybridized carbons (Fsp3) is 0.500. The molecule has 0 saturated carbocycles. The van der Waals surface area contributed by atoms with E-state index in [0.29, 0.717) is 45.0 Å². The summed E-state index contributed by atoms with van der Waals surface area (Å²) >= 11 is 0. The zero-order valence-electron chi connectivity index (χ0n) is 12.8. The third-order valence-corrected chi connectivity index (χ3v) is 3.09. The Morgan fingerprint density at radius 2 is 2.17 bits per heavy atom. The molecule has 1 aliphatic heterocycles. The molecule has 2 rings (SSSR count). The van der Waals surface area contributed by atoms with Crippen LogP contribution in [-0.4, -0.2) is 50.0 Å². The number of benzene rings is 1. The van der Waals surface area contributed by atoms with E-state index in [0.717, 1.165) is 5.56 Å². The molecular formula is C16H21NO6. The first-order valence-electron chi connectivity index (χ1n) is 7.57. The highest BCUT2D eigenvalue weighted by Gasteiger charge is 2.16. The SMILES string of the molecule is O=C(O)CCCCO/N=C/c1cccc(OCC2OCCO2)c1. The highest BCUT2D eigenvalue weighted by Crippen LogP contribution is 2.14. The molecule has 0 spiro atoms. The van der Waals surface area contributed by atoms with Gasteiger partial charge in [-0.15, -0.1) is 0 Å². The fourth-order valence-corrected chi connectivity index (χ4v) is 1.95. The monoisotopic (exact) mass is 323 g/mol. The largest absolute Gasteiger partial charge is 0.488 e. The molecule has 126 valence electrons. The van der Waals surface area contributed by atoms with Gasteiger partial charge < -0.3 is 24.2 Å². The predicted octanol–water partition coefficient (Wildman–Crippen LogP) is 2.04. The number of unbranched alkanes of at least 4 members (excludes halogenated alkanes) is 1. The third-order valence-electron chi connectivity index (χ3n) is 3.09. The maximum Gasteiger partial charge on any atom is 0.303 e. The van der Waals surface area contributed by atoms with Crippen molar-refractivity contribution in [1.82, 2.24) is 0 Å². The van der Waals surface area contributed by atoms with Crippen LogP contribution in [0, 0.1) is 0 Å². The van der Waals surface area contributed by atoms with E-state index in [1.54, 1.807) is 6.21 Å². The Morgan fingerprint density at radius 3 is 2.96 bits per heavy atom. The lowest BCUT2D eigenvalue weighted by Crippen LogP contribution is -2.18. The number of nitrogens with zero attached hydrogens (tertiary/aromatic N) is 1. The third kappa shape index (κ3) is 7.12. The van der Waals surface area contributed by atoms with Crippen LogP contribution in [0.2, 0.25) is 0 Å². The summed E-state index contributed by atoms with van der Waals surface area (Å²) in [6.07, 6.45) is 2.68. The second kappa shape index (κ2) is 9.81. The number of carboxylic acid groups (broad SMARTS) is 1. The lowest BCUT2D eigenvalue weighted by atomic mass is 10.2. The van der Waals surface area contributed by atoms with E-state index in [2.05, 4.69) is 5.16 Å². The van der Waals surface area contributed by atoms with Gasteiger partial charge in [0.2, 0.25) is 0 Å². The molecule has 0 amide bonds. The van der Waals surface area contributed by atoms with Gasteiger partial charge in [0.1, 0.15) is 19.0 Å². The Kier molecular flexibility index (Phi) is 7.35. The van der Waals surface area contributed by atoms with Crippen LogP contribution in [0.5, 0.6) is 5.75 Å². The van der Waals surface area contributed by atoms with Crippen LogP contribution in [0.1, 0.15) is 24.8 Å². The number of carboxylic acids is 1. The molecule has 0 bridgehead atoms. The average Bonchev–Trinajstić information content (AvgIpc) is 3.05. The summed E-state index contributed by atoms with van der Waals surface area (Å²) in [6, 6.07) is 7.43. The van der Waals surface area contributed by atoms with E-state index in [1.807, 2.05) is 24.3 Å². The first kappa shape index (κ1) is 17.2. The van der Waals surface area contributed by atoms with Gasteiger partial charge in [0.05, 0.1) is 19.4 Å². The summed E-state index contributed by atoms with van der Waals surface area (Å²) < 4.78 is 16.2. The van der Waals surface area contributed by atoms with Crippen LogP contribution in [-0.2, 0) is 19.1 Å². The number of ether oxygens (including phenoxy) is 3. The van der Waals surface area contributed by atoms with E-state index >= 15 is 0 Å². The van der Waals surface area contributed by atoms with Crippen LogP contribution in [0.4, 0.5) is 0 Å². The minimum atomic E-state index is -0.793. The molecule has 0 aromatic heterocycles.